The maximum Gasteiger partial charge on any atom is 0.433 e. The highest BCUT2D eigenvalue weighted by molar-refractivity contribution is 5.37. The molecule has 2 aromatic rings. The first-order valence-corrected chi connectivity index (χ1v) is 8.25. The van der Waals surface area contributed by atoms with E-state index in [0.29, 0.717) is 5.92 Å². The van der Waals surface area contributed by atoms with E-state index in [1.165, 1.54) is 10.7 Å². The molecular weight excluding hydrogens is 351 g/mol. The average Bonchev–Trinajstić information content (AvgIpc) is 3.35. The Morgan fingerprint density at radius 3 is 2.73 bits per heavy atom. The monoisotopic (exact) mass is 367 g/mol. The number of nitrogens with one attached hydrogen (secondary N) is 1. The van der Waals surface area contributed by atoms with E-state index < -0.39 is 24.0 Å². The van der Waals surface area contributed by atoms with Crippen LogP contribution in [0.3, 0.4) is 0 Å². The molecule has 7 nitrogen and oxygen atoms in total. The summed E-state index contributed by atoms with van der Waals surface area (Å²) in [6, 6.07) is 3.19. The number of hydrogen-bond acceptors (Lipinski definition) is 6. The maximum atomic E-state index is 12.8. The molecule has 1 aliphatic heterocycles. The summed E-state index contributed by atoms with van der Waals surface area (Å²) in [5.41, 5.74) is -0.441. The fourth-order valence-corrected chi connectivity index (χ4v) is 2.98. The Kier molecular flexibility index (Phi) is 4.14. The number of aromatic nitrogens is 4. The fraction of sp³-hybridized carbons (Fsp3) is 0.500. The summed E-state index contributed by atoms with van der Waals surface area (Å²) in [4.78, 5) is 19.3. The van der Waals surface area contributed by atoms with Gasteiger partial charge >= 0.3 is 6.18 Å². The Morgan fingerprint density at radius 2 is 2.00 bits per heavy atom. The minimum Gasteiger partial charge on any atom is -0.377 e. The first-order chi connectivity index (χ1) is 12.4. The van der Waals surface area contributed by atoms with Gasteiger partial charge in [-0.05, 0) is 18.9 Å². The molecule has 2 aromatic heterocycles. The molecule has 2 fully saturated rings. The van der Waals surface area contributed by atoms with Crippen molar-refractivity contribution in [3.63, 3.8) is 0 Å². The van der Waals surface area contributed by atoms with Crippen molar-refractivity contribution < 1.29 is 17.9 Å². The van der Waals surface area contributed by atoms with Gasteiger partial charge in [0.25, 0.3) is 5.56 Å². The van der Waals surface area contributed by atoms with Crippen LogP contribution in [-0.4, -0.2) is 39.0 Å². The van der Waals surface area contributed by atoms with Gasteiger partial charge < -0.3 is 10.1 Å². The number of alkyl halides is 3. The first-order valence-electron chi connectivity index (χ1n) is 8.25. The van der Waals surface area contributed by atoms with Crippen LogP contribution < -0.4 is 10.9 Å². The van der Waals surface area contributed by atoms with Crippen LogP contribution in [0.15, 0.2) is 29.3 Å². The molecule has 2 atom stereocenters. The van der Waals surface area contributed by atoms with E-state index in [0.717, 1.165) is 30.9 Å². The second kappa shape index (κ2) is 6.35. The molecule has 0 bridgehead atoms. The molecule has 4 rings (SSSR count). The zero-order valence-electron chi connectivity index (χ0n) is 13.6. The number of nitrogens with zero attached hydrogens (tertiary/aromatic N) is 4. The predicted octanol–water partition coefficient (Wildman–Crippen LogP) is 1.98. The Balaban J connectivity index is 1.58. The Hall–Kier alpha value is -2.49. The van der Waals surface area contributed by atoms with E-state index in [1.54, 1.807) is 6.07 Å². The molecule has 0 amide bonds. The third-order valence-electron chi connectivity index (χ3n) is 4.50. The molecule has 2 aliphatic rings. The molecule has 10 heteroatoms. The fourth-order valence-electron chi connectivity index (χ4n) is 2.98. The lowest BCUT2D eigenvalue weighted by atomic mass is 10.1. The highest BCUT2D eigenvalue weighted by atomic mass is 19.4. The van der Waals surface area contributed by atoms with E-state index in [9.17, 15) is 18.0 Å². The number of rotatable bonds is 4. The molecule has 138 valence electrons. The molecule has 1 saturated heterocycles. The van der Waals surface area contributed by atoms with Crippen molar-refractivity contribution in [2.45, 2.75) is 37.0 Å². The SMILES string of the molecule is O=c1ccc(C2CC2)nn1C1COCC1Nc1cc(C(F)(F)F)ncn1. The van der Waals surface area contributed by atoms with Crippen LogP contribution in [-0.2, 0) is 10.9 Å². The van der Waals surface area contributed by atoms with Gasteiger partial charge in [-0.1, -0.05) is 0 Å². The number of halogens is 3. The second-order valence-corrected chi connectivity index (χ2v) is 6.46. The standard InChI is InChI=1S/C16H16F3N5O2/c17-16(18,19)13-5-14(21-8-20-13)22-11-6-26-7-12(11)24-15(25)4-3-10(23-24)9-1-2-9/h3-5,8-9,11-12H,1-2,6-7H2,(H,20,21,22). The largest absolute Gasteiger partial charge is 0.433 e. The van der Waals surface area contributed by atoms with Crippen LogP contribution in [0.5, 0.6) is 0 Å². The zero-order chi connectivity index (χ0) is 18.3. The van der Waals surface area contributed by atoms with Gasteiger partial charge in [-0.2, -0.15) is 18.3 Å². The Bertz CT molecular complexity index is 865. The smallest absolute Gasteiger partial charge is 0.377 e. The number of hydrogen-bond donors (Lipinski definition) is 1. The third kappa shape index (κ3) is 3.41. The van der Waals surface area contributed by atoms with Crippen LogP contribution in [0.2, 0.25) is 0 Å². The molecule has 3 heterocycles. The molecule has 26 heavy (non-hydrogen) atoms. The first kappa shape index (κ1) is 17.0. The van der Waals surface area contributed by atoms with E-state index in [2.05, 4.69) is 20.4 Å². The Labute approximate surface area is 146 Å². The van der Waals surface area contributed by atoms with E-state index in [1.807, 2.05) is 0 Å². The zero-order valence-corrected chi connectivity index (χ0v) is 13.6. The quantitative estimate of drug-likeness (QED) is 0.890. The summed E-state index contributed by atoms with van der Waals surface area (Å²) < 4.78 is 45.2. The van der Waals surface area contributed by atoms with Gasteiger partial charge in [0.2, 0.25) is 0 Å². The molecule has 1 aliphatic carbocycles. The van der Waals surface area contributed by atoms with Gasteiger partial charge in [-0.3, -0.25) is 4.79 Å². The lowest BCUT2D eigenvalue weighted by Gasteiger charge is -2.21. The van der Waals surface area contributed by atoms with Gasteiger partial charge in [-0.25, -0.2) is 14.6 Å². The minimum atomic E-state index is -4.55. The predicted molar refractivity (Wildman–Crippen MR) is 84.8 cm³/mol. The lowest BCUT2D eigenvalue weighted by molar-refractivity contribution is -0.141. The van der Waals surface area contributed by atoms with Crippen LogP contribution in [0.4, 0.5) is 19.0 Å². The van der Waals surface area contributed by atoms with E-state index in [-0.39, 0.29) is 24.6 Å². The Morgan fingerprint density at radius 1 is 1.19 bits per heavy atom. The normalized spacial score (nSPS) is 23.2. The van der Waals surface area contributed by atoms with Crippen molar-refractivity contribution in [3.8, 4) is 0 Å². The second-order valence-electron chi connectivity index (χ2n) is 6.46. The molecule has 0 spiro atoms. The summed E-state index contributed by atoms with van der Waals surface area (Å²) in [6.45, 7) is 0.480. The van der Waals surface area contributed by atoms with Crippen LogP contribution in [0.1, 0.15) is 36.2 Å². The molecular formula is C16H16F3N5O2. The van der Waals surface area contributed by atoms with Crippen LogP contribution in [0, 0.1) is 0 Å². The van der Waals surface area contributed by atoms with Gasteiger partial charge in [0.15, 0.2) is 0 Å². The average molecular weight is 367 g/mol. The summed E-state index contributed by atoms with van der Waals surface area (Å²) >= 11 is 0. The van der Waals surface area contributed by atoms with Gasteiger partial charge in [0, 0.05) is 18.1 Å². The lowest BCUT2D eigenvalue weighted by Crippen LogP contribution is -2.37. The highest BCUT2D eigenvalue weighted by Gasteiger charge is 2.35. The van der Waals surface area contributed by atoms with Crippen molar-refractivity contribution in [1.82, 2.24) is 19.7 Å². The summed E-state index contributed by atoms with van der Waals surface area (Å²) in [5, 5.41) is 7.35. The van der Waals surface area contributed by atoms with Crippen molar-refractivity contribution in [2.75, 3.05) is 18.5 Å². The number of ether oxygens (including phenoxy) is 1. The van der Waals surface area contributed by atoms with Crippen molar-refractivity contribution >= 4 is 5.82 Å². The summed E-state index contributed by atoms with van der Waals surface area (Å²) in [6.07, 6.45) is -1.60. The van der Waals surface area contributed by atoms with Crippen LogP contribution >= 0.6 is 0 Å². The minimum absolute atomic E-state index is 0.0271. The summed E-state index contributed by atoms with van der Waals surface area (Å²) in [7, 11) is 0. The van der Waals surface area contributed by atoms with Gasteiger partial charge in [0.05, 0.1) is 24.9 Å². The van der Waals surface area contributed by atoms with E-state index in [4.69, 9.17) is 4.74 Å². The van der Waals surface area contributed by atoms with E-state index >= 15 is 0 Å². The third-order valence-corrected chi connectivity index (χ3v) is 4.50. The topological polar surface area (TPSA) is 81.9 Å². The van der Waals surface area contributed by atoms with Crippen molar-refractivity contribution in [2.24, 2.45) is 0 Å². The number of anilines is 1. The van der Waals surface area contributed by atoms with Gasteiger partial charge in [-0.15, -0.1) is 0 Å². The molecule has 0 radical (unpaired) electrons. The summed E-state index contributed by atoms with van der Waals surface area (Å²) in [5.74, 6) is 0.408. The maximum absolute atomic E-state index is 12.8. The molecule has 1 saturated carbocycles. The van der Waals surface area contributed by atoms with Gasteiger partial charge in [0.1, 0.15) is 23.9 Å². The highest BCUT2D eigenvalue weighted by Crippen LogP contribution is 2.38. The van der Waals surface area contributed by atoms with Crippen molar-refractivity contribution in [1.29, 1.82) is 0 Å². The molecule has 2 unspecified atom stereocenters. The van der Waals surface area contributed by atoms with Crippen LogP contribution in [0.25, 0.3) is 0 Å². The molecule has 0 aromatic carbocycles. The molecule has 1 N–H and O–H groups in total. The van der Waals surface area contributed by atoms with Crippen molar-refractivity contribution in [3.05, 3.63) is 46.3 Å².